The van der Waals surface area contributed by atoms with E-state index in [0.717, 1.165) is 30.8 Å². The zero-order valence-corrected chi connectivity index (χ0v) is 12.1. The number of rotatable bonds is 3. The van der Waals surface area contributed by atoms with Crippen molar-refractivity contribution in [3.63, 3.8) is 0 Å². The monoisotopic (exact) mass is 264 g/mol. The van der Waals surface area contributed by atoms with Gasteiger partial charge in [0.15, 0.2) is 0 Å². The Morgan fingerprint density at radius 2 is 2.21 bits per heavy atom. The largest absolute Gasteiger partial charge is 0.349 e. The minimum Gasteiger partial charge on any atom is -0.349 e. The van der Waals surface area contributed by atoms with Crippen LogP contribution in [0.3, 0.4) is 0 Å². The zero-order valence-electron chi connectivity index (χ0n) is 12.1. The van der Waals surface area contributed by atoms with Gasteiger partial charge in [-0.1, -0.05) is 12.8 Å². The summed E-state index contributed by atoms with van der Waals surface area (Å²) in [6.07, 6.45) is 4.54. The minimum absolute atomic E-state index is 0.0248. The molecular formula is C14H24N4O. The molecule has 1 aromatic heterocycles. The Balaban J connectivity index is 1.91. The number of nitrogens with zero attached hydrogens (tertiary/aromatic N) is 3. The maximum atomic E-state index is 12.3. The van der Waals surface area contributed by atoms with E-state index in [1.165, 1.54) is 12.8 Å². The van der Waals surface area contributed by atoms with E-state index in [4.69, 9.17) is 0 Å². The van der Waals surface area contributed by atoms with Crippen LogP contribution in [0.25, 0.3) is 0 Å². The number of hydrogen-bond donors (Lipinski definition) is 1. The summed E-state index contributed by atoms with van der Waals surface area (Å²) in [5.41, 5.74) is 2.03. The van der Waals surface area contributed by atoms with Gasteiger partial charge in [0, 0.05) is 7.05 Å². The van der Waals surface area contributed by atoms with E-state index in [9.17, 15) is 4.79 Å². The molecule has 19 heavy (non-hydrogen) atoms. The lowest BCUT2D eigenvalue weighted by molar-refractivity contribution is -0.126. The molecule has 0 radical (unpaired) electrons. The van der Waals surface area contributed by atoms with Gasteiger partial charge in [0.05, 0.1) is 24.0 Å². The first-order valence-corrected chi connectivity index (χ1v) is 7.05. The Bertz CT molecular complexity index is 441. The summed E-state index contributed by atoms with van der Waals surface area (Å²) < 4.78 is 1.83. The molecule has 5 nitrogen and oxygen atoms in total. The molecule has 1 aliphatic rings. The third-order valence-corrected chi connectivity index (χ3v) is 3.87. The van der Waals surface area contributed by atoms with Gasteiger partial charge < -0.3 is 5.32 Å². The van der Waals surface area contributed by atoms with Crippen molar-refractivity contribution in [3.05, 3.63) is 17.5 Å². The second-order valence-corrected chi connectivity index (χ2v) is 5.46. The van der Waals surface area contributed by atoms with E-state index in [1.54, 1.807) is 0 Å². The molecule has 0 unspecified atom stereocenters. The summed E-state index contributed by atoms with van der Waals surface area (Å²) in [6.45, 7) is 3.54. The van der Waals surface area contributed by atoms with Crippen molar-refractivity contribution in [2.45, 2.75) is 45.2 Å². The Kier molecular flexibility index (Phi) is 4.58. The van der Waals surface area contributed by atoms with Crippen molar-refractivity contribution in [1.29, 1.82) is 0 Å². The summed E-state index contributed by atoms with van der Waals surface area (Å²) in [7, 11) is 3.95. The molecule has 1 amide bonds. The lowest BCUT2D eigenvalue weighted by Gasteiger charge is -2.24. The summed E-state index contributed by atoms with van der Waals surface area (Å²) in [5, 5.41) is 7.33. The highest BCUT2D eigenvalue weighted by atomic mass is 16.2. The van der Waals surface area contributed by atoms with Crippen molar-refractivity contribution < 1.29 is 4.79 Å². The van der Waals surface area contributed by atoms with Crippen molar-refractivity contribution in [2.75, 3.05) is 13.6 Å². The minimum atomic E-state index is 0.0248. The van der Waals surface area contributed by atoms with Crippen LogP contribution in [-0.2, 0) is 18.4 Å². The number of nitrogens with one attached hydrogen (secondary N) is 1. The van der Waals surface area contributed by atoms with Gasteiger partial charge in [-0.2, -0.15) is 5.10 Å². The molecule has 5 heteroatoms. The summed E-state index contributed by atoms with van der Waals surface area (Å²) in [5.74, 6) is 0.142. The first-order chi connectivity index (χ1) is 9.08. The molecule has 1 fully saturated rings. The second kappa shape index (κ2) is 6.19. The fraction of sp³-hybridized carbons (Fsp3) is 0.714. The molecule has 106 valence electrons. The third kappa shape index (κ3) is 3.56. The molecule has 2 rings (SSSR count). The molecule has 0 bridgehead atoms. The zero-order chi connectivity index (χ0) is 13.8. The number of likely N-dealkylation sites (N-methyl/N-ethyl adjacent to an activating group) is 1. The first kappa shape index (κ1) is 14.1. The molecule has 0 spiro atoms. The molecule has 1 aromatic rings. The van der Waals surface area contributed by atoms with Crippen LogP contribution in [-0.4, -0.2) is 40.2 Å². The molecular weight excluding hydrogens is 240 g/mol. The smallest absolute Gasteiger partial charge is 0.237 e. The van der Waals surface area contributed by atoms with Gasteiger partial charge in [-0.05, 0) is 39.4 Å². The Labute approximate surface area is 115 Å². The van der Waals surface area contributed by atoms with Gasteiger partial charge in [0.25, 0.3) is 0 Å². The molecule has 0 aliphatic carbocycles. The third-order valence-electron chi connectivity index (χ3n) is 3.87. The SMILES string of the molecule is Cc1cc(CNC(=O)[C@@H]2CCCCCN2C)n(C)n1. The molecule has 2 heterocycles. The van der Waals surface area contributed by atoms with Crippen LogP contribution in [0.1, 0.15) is 37.1 Å². The Morgan fingerprint density at radius 3 is 2.89 bits per heavy atom. The van der Waals surface area contributed by atoms with Crippen molar-refractivity contribution in [2.24, 2.45) is 7.05 Å². The number of hydrogen-bond acceptors (Lipinski definition) is 3. The maximum absolute atomic E-state index is 12.3. The van der Waals surface area contributed by atoms with E-state index < -0.39 is 0 Å². The van der Waals surface area contributed by atoms with Crippen LogP contribution >= 0.6 is 0 Å². The molecule has 1 N–H and O–H groups in total. The number of likely N-dealkylation sites (tertiary alicyclic amines) is 1. The highest BCUT2D eigenvalue weighted by molar-refractivity contribution is 5.81. The fourth-order valence-corrected chi connectivity index (χ4v) is 2.71. The van der Waals surface area contributed by atoms with Crippen LogP contribution in [0.15, 0.2) is 6.07 Å². The standard InChI is InChI=1S/C14H24N4O/c1-11-9-12(18(3)16-11)10-15-14(19)13-7-5-4-6-8-17(13)2/h9,13H,4-8,10H2,1-3H3,(H,15,19)/t13-/m0/s1. The van der Waals surface area contributed by atoms with Crippen LogP contribution in [0, 0.1) is 6.92 Å². The predicted octanol–water partition coefficient (Wildman–Crippen LogP) is 1.22. The van der Waals surface area contributed by atoms with Crippen molar-refractivity contribution in [1.82, 2.24) is 20.0 Å². The van der Waals surface area contributed by atoms with E-state index in [1.807, 2.05) is 31.8 Å². The number of aryl methyl sites for hydroxylation is 2. The van der Waals surface area contributed by atoms with E-state index in [0.29, 0.717) is 6.54 Å². The average Bonchev–Trinajstić information content (AvgIpc) is 2.56. The number of aromatic nitrogens is 2. The van der Waals surface area contributed by atoms with E-state index in [2.05, 4.69) is 15.3 Å². The quantitative estimate of drug-likeness (QED) is 0.893. The van der Waals surface area contributed by atoms with Crippen LogP contribution in [0.4, 0.5) is 0 Å². The van der Waals surface area contributed by atoms with Crippen LogP contribution in [0.2, 0.25) is 0 Å². The summed E-state index contributed by atoms with van der Waals surface area (Å²) in [6, 6.07) is 2.04. The van der Waals surface area contributed by atoms with Crippen molar-refractivity contribution in [3.8, 4) is 0 Å². The van der Waals surface area contributed by atoms with Crippen molar-refractivity contribution >= 4 is 5.91 Å². The lowest BCUT2D eigenvalue weighted by atomic mass is 10.1. The molecule has 1 aliphatic heterocycles. The normalized spacial score (nSPS) is 21.1. The van der Waals surface area contributed by atoms with E-state index in [-0.39, 0.29) is 11.9 Å². The highest BCUT2D eigenvalue weighted by Crippen LogP contribution is 2.15. The summed E-state index contributed by atoms with van der Waals surface area (Å²) in [4.78, 5) is 14.4. The van der Waals surface area contributed by atoms with Gasteiger partial charge in [0.2, 0.25) is 5.91 Å². The molecule has 0 saturated carbocycles. The van der Waals surface area contributed by atoms with Gasteiger partial charge in [0.1, 0.15) is 0 Å². The second-order valence-electron chi connectivity index (χ2n) is 5.46. The van der Waals surface area contributed by atoms with Gasteiger partial charge in [-0.25, -0.2) is 0 Å². The number of carbonyl (C=O) groups is 1. The topological polar surface area (TPSA) is 50.2 Å². The molecule has 1 saturated heterocycles. The lowest BCUT2D eigenvalue weighted by Crippen LogP contribution is -2.44. The van der Waals surface area contributed by atoms with Gasteiger partial charge in [-0.3, -0.25) is 14.4 Å². The first-order valence-electron chi connectivity index (χ1n) is 7.05. The number of carbonyl (C=O) groups excluding carboxylic acids is 1. The predicted molar refractivity (Wildman–Crippen MR) is 74.7 cm³/mol. The fourth-order valence-electron chi connectivity index (χ4n) is 2.71. The summed E-state index contributed by atoms with van der Waals surface area (Å²) >= 11 is 0. The molecule has 1 atom stereocenters. The molecule has 0 aromatic carbocycles. The average molecular weight is 264 g/mol. The number of amides is 1. The highest BCUT2D eigenvalue weighted by Gasteiger charge is 2.24. The van der Waals surface area contributed by atoms with Gasteiger partial charge in [-0.15, -0.1) is 0 Å². The van der Waals surface area contributed by atoms with Crippen LogP contribution < -0.4 is 5.32 Å². The van der Waals surface area contributed by atoms with E-state index >= 15 is 0 Å². The van der Waals surface area contributed by atoms with Gasteiger partial charge >= 0.3 is 0 Å². The van der Waals surface area contributed by atoms with Crippen LogP contribution in [0.5, 0.6) is 0 Å². The Morgan fingerprint density at radius 1 is 1.42 bits per heavy atom. The Hall–Kier alpha value is -1.36. The maximum Gasteiger partial charge on any atom is 0.237 e.